The average molecular weight is 263 g/mol. The molecule has 0 amide bonds. The number of aromatic nitrogens is 1. The van der Waals surface area contributed by atoms with Gasteiger partial charge in [0.15, 0.2) is 5.69 Å². The lowest BCUT2D eigenvalue weighted by molar-refractivity contribution is 0.0691. The van der Waals surface area contributed by atoms with Crippen molar-refractivity contribution in [3.05, 3.63) is 46.0 Å². The number of carboxylic acid groups (broad SMARTS) is 1. The molecule has 4 heteroatoms. The summed E-state index contributed by atoms with van der Waals surface area (Å²) in [6, 6.07) is 0. The smallest absolute Gasteiger partial charge is 0.355 e. The largest absolute Gasteiger partial charge is 0.476 e. The van der Waals surface area contributed by atoms with Gasteiger partial charge in [0.1, 0.15) is 5.01 Å². The first kappa shape index (κ1) is 14.4. The Labute approximate surface area is 111 Å². The van der Waals surface area contributed by atoms with Crippen molar-refractivity contribution in [1.29, 1.82) is 0 Å². The second kappa shape index (κ2) is 6.91. The zero-order valence-electron chi connectivity index (χ0n) is 10.8. The van der Waals surface area contributed by atoms with Gasteiger partial charge >= 0.3 is 5.97 Å². The molecule has 1 N–H and O–H groups in total. The van der Waals surface area contributed by atoms with E-state index in [4.69, 9.17) is 5.11 Å². The monoisotopic (exact) mass is 263 g/mol. The molecule has 96 valence electrons. The zero-order chi connectivity index (χ0) is 13.5. The lowest BCUT2D eigenvalue weighted by atomic mass is 10.1. The van der Waals surface area contributed by atoms with E-state index in [1.807, 2.05) is 31.2 Å². The molecule has 1 aromatic heterocycles. The van der Waals surface area contributed by atoms with Crippen LogP contribution < -0.4 is 0 Å². The molecule has 0 saturated heterocycles. The van der Waals surface area contributed by atoms with Gasteiger partial charge in [-0.2, -0.15) is 0 Å². The van der Waals surface area contributed by atoms with Gasteiger partial charge in [-0.1, -0.05) is 36.8 Å². The summed E-state index contributed by atoms with van der Waals surface area (Å²) < 4.78 is 0. The topological polar surface area (TPSA) is 50.2 Å². The molecule has 0 aromatic carbocycles. The lowest BCUT2D eigenvalue weighted by Crippen LogP contribution is -1.96. The van der Waals surface area contributed by atoms with Crippen LogP contribution in [0.3, 0.4) is 0 Å². The summed E-state index contributed by atoms with van der Waals surface area (Å²) in [4.78, 5) is 14.9. The number of aromatic carboxylic acids is 1. The lowest BCUT2D eigenvalue weighted by Gasteiger charge is -1.96. The van der Waals surface area contributed by atoms with Gasteiger partial charge in [0.25, 0.3) is 0 Å². The molecule has 0 aliphatic rings. The van der Waals surface area contributed by atoms with Crippen LogP contribution in [-0.2, 0) is 0 Å². The van der Waals surface area contributed by atoms with Gasteiger partial charge in [0.2, 0.25) is 0 Å². The molecule has 1 heterocycles. The van der Waals surface area contributed by atoms with Crippen molar-refractivity contribution in [3.8, 4) is 0 Å². The maximum Gasteiger partial charge on any atom is 0.355 e. The van der Waals surface area contributed by atoms with Gasteiger partial charge in [-0.15, -0.1) is 11.3 Å². The van der Waals surface area contributed by atoms with Crippen LogP contribution >= 0.6 is 11.3 Å². The highest BCUT2D eigenvalue weighted by Crippen LogP contribution is 2.21. The first-order chi connectivity index (χ1) is 8.58. The number of carbonyl (C=O) groups is 1. The van der Waals surface area contributed by atoms with Crippen molar-refractivity contribution in [1.82, 2.24) is 4.98 Å². The average Bonchev–Trinajstić information content (AvgIpc) is 2.83. The summed E-state index contributed by atoms with van der Waals surface area (Å²) in [7, 11) is 0. The molecule has 0 spiro atoms. The van der Waals surface area contributed by atoms with E-state index in [2.05, 4.69) is 18.8 Å². The van der Waals surface area contributed by atoms with E-state index in [0.717, 1.165) is 17.0 Å². The van der Waals surface area contributed by atoms with Crippen LogP contribution in [0, 0.1) is 0 Å². The minimum atomic E-state index is -0.988. The molecule has 0 saturated carbocycles. The normalized spacial score (nSPS) is 13.3. The molecule has 0 fully saturated rings. The molecule has 1 rings (SSSR count). The Morgan fingerprint density at radius 1 is 1.50 bits per heavy atom. The number of allylic oxidation sites excluding steroid dienone is 6. The van der Waals surface area contributed by atoms with E-state index >= 15 is 0 Å². The minimum Gasteiger partial charge on any atom is -0.476 e. The second-order valence-corrected chi connectivity index (χ2v) is 4.69. The third-order valence-corrected chi connectivity index (χ3v) is 3.31. The number of hydrogen-bond acceptors (Lipinski definition) is 3. The molecule has 18 heavy (non-hydrogen) atoms. The first-order valence-electron chi connectivity index (χ1n) is 5.77. The summed E-state index contributed by atoms with van der Waals surface area (Å²) in [6.07, 6.45) is 8.87. The van der Waals surface area contributed by atoms with Crippen LogP contribution in [0.4, 0.5) is 0 Å². The van der Waals surface area contributed by atoms with Gasteiger partial charge in [0.05, 0.1) is 0 Å². The van der Waals surface area contributed by atoms with E-state index in [0.29, 0.717) is 0 Å². The second-order valence-electron chi connectivity index (χ2n) is 3.83. The van der Waals surface area contributed by atoms with Crippen molar-refractivity contribution in [2.45, 2.75) is 27.2 Å². The molecular weight excluding hydrogens is 246 g/mol. The molecule has 0 radical (unpaired) electrons. The molecule has 0 bridgehead atoms. The fourth-order valence-electron chi connectivity index (χ4n) is 1.23. The molecule has 0 atom stereocenters. The number of rotatable bonds is 5. The van der Waals surface area contributed by atoms with Crippen molar-refractivity contribution in [2.24, 2.45) is 0 Å². The van der Waals surface area contributed by atoms with Gasteiger partial charge < -0.3 is 5.11 Å². The molecule has 3 nitrogen and oxygen atoms in total. The fraction of sp³-hybridized carbons (Fsp3) is 0.286. The van der Waals surface area contributed by atoms with Crippen molar-refractivity contribution >= 4 is 22.9 Å². The first-order valence-corrected chi connectivity index (χ1v) is 6.65. The van der Waals surface area contributed by atoms with Crippen LogP contribution in [0.25, 0.3) is 5.57 Å². The molecule has 0 unspecified atom stereocenters. The Hall–Kier alpha value is -1.68. The summed E-state index contributed by atoms with van der Waals surface area (Å²) in [6.45, 7) is 6.09. The Balaban J connectivity index is 3.08. The van der Waals surface area contributed by atoms with E-state index in [9.17, 15) is 4.79 Å². The number of nitrogens with zero attached hydrogens (tertiary/aromatic N) is 1. The summed E-state index contributed by atoms with van der Waals surface area (Å²) in [5.74, 6) is -0.988. The van der Waals surface area contributed by atoms with E-state index in [1.54, 1.807) is 5.38 Å². The summed E-state index contributed by atoms with van der Waals surface area (Å²) in [5.41, 5.74) is 2.30. The maximum atomic E-state index is 10.8. The highest BCUT2D eigenvalue weighted by atomic mass is 32.1. The fourth-order valence-corrected chi connectivity index (χ4v) is 2.03. The Kier molecular flexibility index (Phi) is 5.52. The molecule has 0 aliphatic heterocycles. The Morgan fingerprint density at radius 2 is 2.22 bits per heavy atom. The van der Waals surface area contributed by atoms with E-state index in [1.165, 1.54) is 16.9 Å². The summed E-state index contributed by atoms with van der Waals surface area (Å²) >= 11 is 1.34. The highest BCUT2D eigenvalue weighted by Gasteiger charge is 2.09. The highest BCUT2D eigenvalue weighted by molar-refractivity contribution is 7.11. The Morgan fingerprint density at radius 3 is 2.72 bits per heavy atom. The number of hydrogen-bond donors (Lipinski definition) is 1. The number of carboxylic acids is 1. The van der Waals surface area contributed by atoms with Crippen molar-refractivity contribution < 1.29 is 9.90 Å². The van der Waals surface area contributed by atoms with Crippen molar-refractivity contribution in [3.63, 3.8) is 0 Å². The SMILES string of the molecule is C\C=C/C(=C\C=C(/C)CC)c1nc(C(=O)O)cs1. The molecule has 0 aliphatic carbocycles. The van der Waals surface area contributed by atoms with Crippen molar-refractivity contribution in [2.75, 3.05) is 0 Å². The molecule has 1 aromatic rings. The van der Waals surface area contributed by atoms with Crippen LogP contribution in [0.1, 0.15) is 42.7 Å². The summed E-state index contributed by atoms with van der Waals surface area (Å²) in [5, 5.41) is 11.1. The third kappa shape index (κ3) is 3.96. The predicted octanol–water partition coefficient (Wildman–Crippen LogP) is 4.16. The maximum absolute atomic E-state index is 10.8. The zero-order valence-corrected chi connectivity index (χ0v) is 11.6. The predicted molar refractivity (Wildman–Crippen MR) is 75.9 cm³/mol. The van der Waals surface area contributed by atoms with Crippen LogP contribution in [0.2, 0.25) is 0 Å². The third-order valence-electron chi connectivity index (χ3n) is 2.42. The van der Waals surface area contributed by atoms with Crippen LogP contribution in [0.15, 0.2) is 35.3 Å². The quantitative estimate of drug-likeness (QED) is 0.812. The Bertz CT molecular complexity index is 510. The van der Waals surface area contributed by atoms with E-state index in [-0.39, 0.29) is 5.69 Å². The number of thiazole rings is 1. The minimum absolute atomic E-state index is 0.0987. The van der Waals surface area contributed by atoms with Gasteiger partial charge in [-0.25, -0.2) is 9.78 Å². The molecular formula is C14H17NO2S. The van der Waals surface area contributed by atoms with Crippen LogP contribution in [-0.4, -0.2) is 16.1 Å². The van der Waals surface area contributed by atoms with Gasteiger partial charge in [-0.3, -0.25) is 0 Å². The van der Waals surface area contributed by atoms with Gasteiger partial charge in [-0.05, 0) is 20.3 Å². The van der Waals surface area contributed by atoms with Crippen LogP contribution in [0.5, 0.6) is 0 Å². The van der Waals surface area contributed by atoms with Gasteiger partial charge in [0, 0.05) is 11.0 Å². The van der Waals surface area contributed by atoms with E-state index < -0.39 is 5.97 Å². The standard InChI is InChI=1S/C14H17NO2S/c1-4-6-11(8-7-10(3)5-2)13-15-12(9-18-13)14(16)17/h4,6-9H,5H2,1-3H3,(H,16,17)/b6-4-,10-7+,11-8+.